The molecule has 1 N–H and O–H groups in total. The quantitative estimate of drug-likeness (QED) is 0.680. The number of hydrogen-bond donors (Lipinski definition) is 1. The van der Waals surface area contributed by atoms with E-state index in [0.717, 1.165) is 11.1 Å². The van der Waals surface area contributed by atoms with E-state index in [1.54, 1.807) is 0 Å². The third kappa shape index (κ3) is 3.69. The van der Waals surface area contributed by atoms with Crippen LogP contribution in [0.25, 0.3) is 0 Å². The Bertz CT molecular complexity index is 562. The molecule has 1 saturated heterocycles. The standard InChI is InChI=1S/C12H12F3N3O3/c13-12(14,15)10(17-5-4-11(19)16-17)7-8-2-1-3-9(6-8)18(20)21/h1-3,6,10H,4-5,7H2,(H,16,19)/t10-/m0/s1. The number of amides is 1. The normalized spacial score (nSPS) is 17.6. The topological polar surface area (TPSA) is 75.5 Å². The van der Waals surface area contributed by atoms with Gasteiger partial charge in [0.1, 0.15) is 6.04 Å². The molecule has 2 rings (SSSR count). The van der Waals surface area contributed by atoms with E-state index in [1.165, 1.54) is 18.2 Å². The lowest BCUT2D eigenvalue weighted by Crippen LogP contribution is -2.51. The zero-order chi connectivity index (χ0) is 15.6. The lowest BCUT2D eigenvalue weighted by Gasteiger charge is -2.28. The summed E-state index contributed by atoms with van der Waals surface area (Å²) in [5.74, 6) is -0.469. The fraction of sp³-hybridized carbons (Fsp3) is 0.417. The van der Waals surface area contributed by atoms with Gasteiger partial charge in [0.2, 0.25) is 5.91 Å². The Morgan fingerprint density at radius 1 is 1.43 bits per heavy atom. The van der Waals surface area contributed by atoms with Crippen molar-refractivity contribution in [1.82, 2.24) is 10.4 Å². The molecule has 1 fully saturated rings. The molecule has 0 bridgehead atoms. The zero-order valence-corrected chi connectivity index (χ0v) is 10.8. The minimum atomic E-state index is -4.55. The lowest BCUT2D eigenvalue weighted by atomic mass is 10.0. The summed E-state index contributed by atoms with van der Waals surface area (Å²) in [4.78, 5) is 21.1. The highest BCUT2D eigenvalue weighted by Crippen LogP contribution is 2.29. The first-order chi connectivity index (χ1) is 9.77. The third-order valence-corrected chi connectivity index (χ3v) is 3.15. The van der Waals surface area contributed by atoms with Gasteiger partial charge >= 0.3 is 6.18 Å². The van der Waals surface area contributed by atoms with E-state index in [9.17, 15) is 28.1 Å². The van der Waals surface area contributed by atoms with Crippen molar-refractivity contribution < 1.29 is 22.9 Å². The summed E-state index contributed by atoms with van der Waals surface area (Å²) in [6, 6.07) is 3.14. The first-order valence-electron chi connectivity index (χ1n) is 6.13. The minimum Gasteiger partial charge on any atom is -0.288 e. The molecular formula is C12H12F3N3O3. The molecule has 0 aromatic heterocycles. The molecule has 9 heteroatoms. The van der Waals surface area contributed by atoms with Gasteiger partial charge in [0.25, 0.3) is 5.69 Å². The minimum absolute atomic E-state index is 0.00151. The molecule has 0 saturated carbocycles. The average molecular weight is 303 g/mol. The van der Waals surface area contributed by atoms with Crippen LogP contribution >= 0.6 is 0 Å². The smallest absolute Gasteiger partial charge is 0.288 e. The molecule has 0 radical (unpaired) electrons. The van der Waals surface area contributed by atoms with Gasteiger partial charge in [-0.2, -0.15) is 13.2 Å². The molecule has 114 valence electrons. The van der Waals surface area contributed by atoms with Crippen molar-refractivity contribution in [2.24, 2.45) is 0 Å². The summed E-state index contributed by atoms with van der Waals surface area (Å²) in [7, 11) is 0. The monoisotopic (exact) mass is 303 g/mol. The molecular weight excluding hydrogens is 291 g/mol. The number of carbonyl (C=O) groups is 1. The average Bonchev–Trinajstić information content (AvgIpc) is 2.81. The summed E-state index contributed by atoms with van der Waals surface area (Å²) < 4.78 is 39.4. The Morgan fingerprint density at radius 3 is 2.67 bits per heavy atom. The van der Waals surface area contributed by atoms with Crippen molar-refractivity contribution in [2.75, 3.05) is 6.54 Å². The van der Waals surface area contributed by atoms with E-state index in [-0.39, 0.29) is 24.2 Å². The zero-order valence-electron chi connectivity index (χ0n) is 10.8. The number of nitro groups is 1. The van der Waals surface area contributed by atoms with Gasteiger partial charge in [-0.1, -0.05) is 12.1 Å². The summed E-state index contributed by atoms with van der Waals surface area (Å²) in [5.41, 5.74) is 2.08. The largest absolute Gasteiger partial charge is 0.406 e. The Morgan fingerprint density at radius 2 is 2.14 bits per heavy atom. The maximum absolute atomic E-state index is 13.1. The second kappa shape index (κ2) is 5.68. The number of hydrazine groups is 1. The molecule has 1 aliphatic heterocycles. The molecule has 1 aromatic carbocycles. The van der Waals surface area contributed by atoms with Gasteiger partial charge < -0.3 is 0 Å². The molecule has 6 nitrogen and oxygen atoms in total. The second-order valence-electron chi connectivity index (χ2n) is 4.67. The van der Waals surface area contributed by atoms with Crippen molar-refractivity contribution >= 4 is 11.6 Å². The van der Waals surface area contributed by atoms with Gasteiger partial charge in [-0.05, 0) is 12.0 Å². The van der Waals surface area contributed by atoms with Crippen LogP contribution in [0.4, 0.5) is 18.9 Å². The Hall–Kier alpha value is -2.16. The van der Waals surface area contributed by atoms with Gasteiger partial charge in [-0.25, -0.2) is 5.01 Å². The van der Waals surface area contributed by atoms with E-state index in [4.69, 9.17) is 0 Å². The van der Waals surface area contributed by atoms with Crippen molar-refractivity contribution in [1.29, 1.82) is 0 Å². The van der Waals surface area contributed by atoms with Gasteiger partial charge in [0, 0.05) is 25.1 Å². The summed E-state index contributed by atoms with van der Waals surface area (Å²) >= 11 is 0. The number of carbonyl (C=O) groups excluding carboxylic acids is 1. The van der Waals surface area contributed by atoms with E-state index < -0.39 is 29.5 Å². The maximum atomic E-state index is 13.1. The van der Waals surface area contributed by atoms with Crippen molar-refractivity contribution in [3.8, 4) is 0 Å². The van der Waals surface area contributed by atoms with Gasteiger partial charge in [-0.15, -0.1) is 0 Å². The van der Waals surface area contributed by atoms with Crippen LogP contribution in [0.3, 0.4) is 0 Å². The number of rotatable bonds is 4. The number of alkyl halides is 3. The number of benzene rings is 1. The van der Waals surface area contributed by atoms with E-state index in [0.29, 0.717) is 0 Å². The third-order valence-electron chi connectivity index (χ3n) is 3.15. The highest BCUT2D eigenvalue weighted by atomic mass is 19.4. The summed E-state index contributed by atoms with van der Waals surface area (Å²) in [5, 5.41) is 11.5. The number of non-ortho nitro benzene ring substituents is 1. The molecule has 1 atom stereocenters. The first-order valence-corrected chi connectivity index (χ1v) is 6.13. The number of halogens is 3. The van der Waals surface area contributed by atoms with Crippen LogP contribution in [0.5, 0.6) is 0 Å². The molecule has 0 unspecified atom stereocenters. The lowest BCUT2D eigenvalue weighted by molar-refractivity contribution is -0.384. The number of hydrogen-bond acceptors (Lipinski definition) is 4. The van der Waals surface area contributed by atoms with Crippen LogP contribution in [-0.2, 0) is 11.2 Å². The molecule has 21 heavy (non-hydrogen) atoms. The second-order valence-corrected chi connectivity index (χ2v) is 4.67. The van der Waals surface area contributed by atoms with Crippen LogP contribution in [0.15, 0.2) is 24.3 Å². The van der Waals surface area contributed by atoms with Crippen LogP contribution in [0.1, 0.15) is 12.0 Å². The first kappa shape index (κ1) is 15.2. The molecule has 1 aromatic rings. The molecule has 0 spiro atoms. The number of nitrogens with one attached hydrogen (secondary N) is 1. The summed E-state index contributed by atoms with van der Waals surface area (Å²) in [6.45, 7) is -0.0437. The Kier molecular flexibility index (Phi) is 4.12. The SMILES string of the molecule is O=C1CCN([C@@H](Cc2cccc([N+](=O)[O-])c2)C(F)(F)F)N1. The van der Waals surface area contributed by atoms with Crippen LogP contribution < -0.4 is 5.43 Å². The van der Waals surface area contributed by atoms with Crippen molar-refractivity contribution in [3.05, 3.63) is 39.9 Å². The highest BCUT2D eigenvalue weighted by molar-refractivity contribution is 5.77. The van der Waals surface area contributed by atoms with Crippen LogP contribution in [-0.4, -0.2) is 34.6 Å². The van der Waals surface area contributed by atoms with E-state index in [2.05, 4.69) is 5.43 Å². The van der Waals surface area contributed by atoms with Gasteiger partial charge in [0.15, 0.2) is 0 Å². The molecule has 1 amide bonds. The molecule has 1 aliphatic rings. The number of nitrogens with zero attached hydrogens (tertiary/aromatic N) is 2. The van der Waals surface area contributed by atoms with Crippen molar-refractivity contribution in [2.45, 2.75) is 25.1 Å². The number of nitro benzene ring substituents is 1. The van der Waals surface area contributed by atoms with Crippen LogP contribution in [0, 0.1) is 10.1 Å². The van der Waals surface area contributed by atoms with Crippen LogP contribution in [0.2, 0.25) is 0 Å². The fourth-order valence-corrected chi connectivity index (χ4v) is 2.15. The summed E-state index contributed by atoms with van der Waals surface area (Å²) in [6.07, 6.45) is -5.02. The Labute approximate surface area is 117 Å². The van der Waals surface area contributed by atoms with Gasteiger partial charge in [0.05, 0.1) is 4.92 Å². The predicted octanol–water partition coefficient (Wildman–Crippen LogP) is 1.81. The van der Waals surface area contributed by atoms with Gasteiger partial charge in [-0.3, -0.25) is 20.3 Å². The fourth-order valence-electron chi connectivity index (χ4n) is 2.15. The van der Waals surface area contributed by atoms with Crippen molar-refractivity contribution in [3.63, 3.8) is 0 Å². The van der Waals surface area contributed by atoms with E-state index in [1.807, 2.05) is 0 Å². The Balaban J connectivity index is 2.21. The highest BCUT2D eigenvalue weighted by Gasteiger charge is 2.45. The predicted molar refractivity (Wildman–Crippen MR) is 66.1 cm³/mol. The maximum Gasteiger partial charge on any atom is 0.406 e. The molecule has 0 aliphatic carbocycles. The van der Waals surface area contributed by atoms with E-state index >= 15 is 0 Å². The molecule has 1 heterocycles.